The molecule has 6 heteroatoms. The largest absolute Gasteiger partial charge is 0.465 e. The summed E-state index contributed by atoms with van der Waals surface area (Å²) in [5.41, 5.74) is 3.28. The summed E-state index contributed by atoms with van der Waals surface area (Å²) in [5, 5.41) is 0.581. The molecule has 1 aromatic heterocycles. The van der Waals surface area contributed by atoms with E-state index in [1.165, 1.54) is 11.7 Å². The van der Waals surface area contributed by atoms with Gasteiger partial charge in [0.2, 0.25) is 0 Å². The lowest BCUT2D eigenvalue weighted by Crippen LogP contribution is -2.26. The smallest absolute Gasteiger partial charge is 0.418 e. The Morgan fingerprint density at radius 3 is 1.97 bits per heavy atom. The molecule has 0 aliphatic carbocycles. The van der Waals surface area contributed by atoms with Gasteiger partial charge in [0, 0.05) is 22.7 Å². The molecule has 4 aromatic rings. The molecule has 1 heterocycles. The highest BCUT2D eigenvalue weighted by Gasteiger charge is 2.22. The summed E-state index contributed by atoms with van der Waals surface area (Å²) in [5.74, 6) is -0.509. The van der Waals surface area contributed by atoms with Gasteiger partial charge in [-0.15, -0.1) is 0 Å². The van der Waals surface area contributed by atoms with Gasteiger partial charge in [0.1, 0.15) is 5.60 Å². The van der Waals surface area contributed by atoms with Crippen LogP contribution in [0.1, 0.15) is 42.3 Å². The van der Waals surface area contributed by atoms with Crippen molar-refractivity contribution in [1.82, 2.24) is 4.57 Å². The van der Waals surface area contributed by atoms with Gasteiger partial charge in [-0.1, -0.05) is 60.7 Å². The molecular weight excluding hydrogens is 428 g/mol. The Hall–Kier alpha value is -4.19. The molecule has 4 rings (SSSR count). The van der Waals surface area contributed by atoms with Crippen molar-refractivity contribution in [3.8, 4) is 0 Å². The Kier molecular flexibility index (Phi) is 6.32. The second kappa shape index (κ2) is 9.35. The number of carbonyl (C=O) groups excluding carboxylic acids is 2. The van der Waals surface area contributed by atoms with Gasteiger partial charge in [-0.2, -0.15) is 0 Å². The van der Waals surface area contributed by atoms with Crippen molar-refractivity contribution in [3.05, 3.63) is 102 Å². The number of fused-ring (bicyclic) bond motifs is 1. The standard InChI is InChI=1S/C28H26N2O4/c1-28(2,3)34-27(32)30-16-15-22-23(26(31)33-4)17-21(18-24(22)30)29-25(19-11-7-5-8-12-19)20-13-9-6-10-14-20/h5-18H,1-4H3. The van der Waals surface area contributed by atoms with Crippen LogP contribution >= 0.6 is 0 Å². The summed E-state index contributed by atoms with van der Waals surface area (Å²) < 4.78 is 11.9. The van der Waals surface area contributed by atoms with Crippen LogP contribution in [-0.4, -0.2) is 35.1 Å². The molecule has 0 atom stereocenters. The Bertz CT molecular complexity index is 1320. The third-order valence-electron chi connectivity index (χ3n) is 5.12. The van der Waals surface area contributed by atoms with E-state index in [0.717, 1.165) is 16.8 Å². The molecule has 34 heavy (non-hydrogen) atoms. The van der Waals surface area contributed by atoms with Crippen molar-refractivity contribution in [2.75, 3.05) is 7.11 Å². The molecule has 0 amide bonds. The Labute approximate surface area is 198 Å². The van der Waals surface area contributed by atoms with E-state index in [1.807, 2.05) is 60.7 Å². The maximum Gasteiger partial charge on any atom is 0.418 e. The van der Waals surface area contributed by atoms with Gasteiger partial charge >= 0.3 is 12.1 Å². The van der Waals surface area contributed by atoms with Crippen LogP contribution in [0.2, 0.25) is 0 Å². The van der Waals surface area contributed by atoms with Crippen LogP contribution in [0, 0.1) is 0 Å². The Morgan fingerprint density at radius 2 is 1.44 bits per heavy atom. The Balaban J connectivity index is 1.93. The fraction of sp³-hybridized carbons (Fsp3) is 0.179. The van der Waals surface area contributed by atoms with Gasteiger partial charge in [0.15, 0.2) is 0 Å². The number of aliphatic imine (C=N–C) groups is 1. The minimum Gasteiger partial charge on any atom is -0.465 e. The number of benzene rings is 3. The highest BCUT2D eigenvalue weighted by atomic mass is 16.6. The van der Waals surface area contributed by atoms with Crippen molar-refractivity contribution in [2.24, 2.45) is 4.99 Å². The highest BCUT2D eigenvalue weighted by molar-refractivity contribution is 6.14. The van der Waals surface area contributed by atoms with Crippen LogP contribution < -0.4 is 0 Å². The zero-order chi connectivity index (χ0) is 24.3. The molecule has 172 valence electrons. The number of rotatable bonds is 4. The van der Waals surface area contributed by atoms with Gasteiger partial charge in [0.05, 0.1) is 29.6 Å². The summed E-state index contributed by atoms with van der Waals surface area (Å²) in [7, 11) is 1.33. The normalized spacial score (nSPS) is 11.2. The molecular formula is C28H26N2O4. The molecule has 0 bridgehead atoms. The SMILES string of the molecule is COC(=O)c1cc(N=C(c2ccccc2)c2ccccc2)cc2c1ccn2C(=O)OC(C)(C)C. The second-order valence-corrected chi connectivity index (χ2v) is 8.78. The second-order valence-electron chi connectivity index (χ2n) is 8.78. The van der Waals surface area contributed by atoms with Crippen molar-refractivity contribution in [1.29, 1.82) is 0 Å². The minimum atomic E-state index is -0.664. The summed E-state index contributed by atoms with van der Waals surface area (Å²) in [6, 6.07) is 24.8. The number of nitrogens with zero attached hydrogens (tertiary/aromatic N) is 2. The number of carbonyl (C=O) groups is 2. The predicted octanol–water partition coefficient (Wildman–Crippen LogP) is 6.38. The number of hydrogen-bond acceptors (Lipinski definition) is 5. The van der Waals surface area contributed by atoms with E-state index < -0.39 is 17.7 Å². The first-order valence-electron chi connectivity index (χ1n) is 10.9. The number of hydrogen-bond donors (Lipinski definition) is 0. The molecule has 0 fully saturated rings. The molecule has 3 aromatic carbocycles. The van der Waals surface area contributed by atoms with E-state index >= 15 is 0 Å². The Morgan fingerprint density at radius 1 is 0.853 bits per heavy atom. The maximum absolute atomic E-state index is 12.9. The maximum atomic E-state index is 12.9. The molecule has 0 spiro atoms. The van der Waals surface area contributed by atoms with E-state index in [1.54, 1.807) is 45.2 Å². The highest BCUT2D eigenvalue weighted by Crippen LogP contribution is 2.29. The van der Waals surface area contributed by atoms with E-state index in [0.29, 0.717) is 22.2 Å². The van der Waals surface area contributed by atoms with E-state index in [9.17, 15) is 9.59 Å². The third-order valence-corrected chi connectivity index (χ3v) is 5.12. The quantitative estimate of drug-likeness (QED) is 0.265. The predicted molar refractivity (Wildman–Crippen MR) is 133 cm³/mol. The molecule has 0 N–H and O–H groups in total. The average molecular weight is 455 g/mol. The molecule has 0 radical (unpaired) electrons. The van der Waals surface area contributed by atoms with Gasteiger partial charge in [-0.25, -0.2) is 14.6 Å². The van der Waals surface area contributed by atoms with Gasteiger partial charge in [-0.05, 0) is 39.0 Å². The van der Waals surface area contributed by atoms with Crippen molar-refractivity contribution in [2.45, 2.75) is 26.4 Å². The van der Waals surface area contributed by atoms with Gasteiger partial charge in [-0.3, -0.25) is 4.57 Å². The average Bonchev–Trinajstić information content (AvgIpc) is 3.26. The van der Waals surface area contributed by atoms with E-state index in [-0.39, 0.29) is 0 Å². The van der Waals surface area contributed by atoms with E-state index in [4.69, 9.17) is 14.5 Å². The summed E-state index contributed by atoms with van der Waals surface area (Å²) in [6.45, 7) is 5.41. The number of aromatic nitrogens is 1. The lowest BCUT2D eigenvalue weighted by Gasteiger charge is -2.20. The van der Waals surface area contributed by atoms with Crippen molar-refractivity contribution < 1.29 is 19.1 Å². The fourth-order valence-electron chi connectivity index (χ4n) is 3.66. The zero-order valence-electron chi connectivity index (χ0n) is 19.6. The zero-order valence-corrected chi connectivity index (χ0v) is 19.6. The number of esters is 1. The fourth-order valence-corrected chi connectivity index (χ4v) is 3.66. The molecule has 0 saturated heterocycles. The van der Waals surface area contributed by atoms with Crippen molar-refractivity contribution in [3.63, 3.8) is 0 Å². The van der Waals surface area contributed by atoms with Crippen LogP contribution in [0.15, 0.2) is 90.1 Å². The monoisotopic (exact) mass is 454 g/mol. The first-order valence-corrected chi connectivity index (χ1v) is 10.9. The molecule has 0 aliphatic rings. The topological polar surface area (TPSA) is 69.9 Å². The third kappa shape index (κ3) is 4.91. The van der Waals surface area contributed by atoms with Gasteiger partial charge in [0.25, 0.3) is 0 Å². The minimum absolute atomic E-state index is 0.321. The van der Waals surface area contributed by atoms with Crippen molar-refractivity contribution >= 4 is 34.4 Å². The van der Waals surface area contributed by atoms with Crippen LogP contribution in [0.4, 0.5) is 10.5 Å². The van der Waals surface area contributed by atoms with Crippen LogP contribution in [0.3, 0.4) is 0 Å². The molecule has 6 nitrogen and oxygen atoms in total. The lowest BCUT2D eigenvalue weighted by atomic mass is 10.0. The first kappa shape index (κ1) is 23.0. The lowest BCUT2D eigenvalue weighted by molar-refractivity contribution is 0.0542. The summed E-state index contributed by atoms with van der Waals surface area (Å²) in [4.78, 5) is 30.4. The van der Waals surface area contributed by atoms with E-state index in [2.05, 4.69) is 0 Å². The van der Waals surface area contributed by atoms with Crippen LogP contribution in [0.25, 0.3) is 10.9 Å². The van der Waals surface area contributed by atoms with Crippen LogP contribution in [0.5, 0.6) is 0 Å². The van der Waals surface area contributed by atoms with Crippen LogP contribution in [-0.2, 0) is 9.47 Å². The molecule has 0 aliphatic heterocycles. The molecule has 0 saturated carbocycles. The molecule has 0 unspecified atom stereocenters. The summed E-state index contributed by atoms with van der Waals surface area (Å²) in [6.07, 6.45) is 1.05. The number of ether oxygens (including phenoxy) is 2. The summed E-state index contributed by atoms with van der Waals surface area (Å²) >= 11 is 0. The number of methoxy groups -OCH3 is 1. The first-order chi connectivity index (χ1) is 16.3. The van der Waals surface area contributed by atoms with Gasteiger partial charge < -0.3 is 9.47 Å².